The Morgan fingerprint density at radius 1 is 1.11 bits per heavy atom. The number of likely N-dealkylation sites (N-methyl/N-ethyl adjacent to an activating group) is 1. The molecule has 0 aliphatic heterocycles. The SMILES string of the molecule is CCCCC(CC)(CN)N(C)c1cc(C)cc(C)c1. The quantitative estimate of drug-likeness (QED) is 0.803. The molecule has 1 unspecified atom stereocenters. The number of nitrogens with two attached hydrogens (primary N) is 1. The summed E-state index contributed by atoms with van der Waals surface area (Å²) in [7, 11) is 2.19. The van der Waals surface area contributed by atoms with Crippen LogP contribution < -0.4 is 10.6 Å². The molecule has 1 aromatic carbocycles. The Balaban J connectivity index is 3.07. The van der Waals surface area contributed by atoms with Crippen LogP contribution in [0, 0.1) is 13.8 Å². The topological polar surface area (TPSA) is 29.3 Å². The minimum absolute atomic E-state index is 0.0935. The predicted molar refractivity (Wildman–Crippen MR) is 85.9 cm³/mol. The summed E-state index contributed by atoms with van der Waals surface area (Å²) in [5, 5.41) is 0. The van der Waals surface area contributed by atoms with Crippen molar-refractivity contribution in [3.05, 3.63) is 29.3 Å². The zero-order valence-corrected chi connectivity index (χ0v) is 13.3. The van der Waals surface area contributed by atoms with E-state index < -0.39 is 0 Å². The fourth-order valence-corrected chi connectivity index (χ4v) is 2.89. The first-order valence-electron chi connectivity index (χ1n) is 7.51. The van der Waals surface area contributed by atoms with Crippen molar-refractivity contribution in [2.75, 3.05) is 18.5 Å². The molecule has 2 N–H and O–H groups in total. The molecule has 0 fully saturated rings. The number of unbranched alkanes of at least 4 members (excludes halogenated alkanes) is 1. The lowest BCUT2D eigenvalue weighted by Gasteiger charge is -2.42. The van der Waals surface area contributed by atoms with Gasteiger partial charge in [0.15, 0.2) is 0 Å². The third-order valence-corrected chi connectivity index (χ3v) is 4.34. The second-order valence-electron chi connectivity index (χ2n) is 5.79. The molecule has 0 aliphatic rings. The highest BCUT2D eigenvalue weighted by molar-refractivity contribution is 5.52. The van der Waals surface area contributed by atoms with Crippen LogP contribution in [0.5, 0.6) is 0 Å². The number of hydrogen-bond acceptors (Lipinski definition) is 2. The monoisotopic (exact) mass is 262 g/mol. The van der Waals surface area contributed by atoms with Gasteiger partial charge < -0.3 is 10.6 Å². The second-order valence-corrected chi connectivity index (χ2v) is 5.79. The molecule has 1 aromatic rings. The molecule has 108 valence electrons. The van der Waals surface area contributed by atoms with E-state index in [0.717, 1.165) is 6.42 Å². The number of hydrogen-bond donors (Lipinski definition) is 1. The maximum Gasteiger partial charge on any atom is 0.0518 e. The fourth-order valence-electron chi connectivity index (χ4n) is 2.89. The Labute approximate surface area is 119 Å². The molecule has 0 heterocycles. The van der Waals surface area contributed by atoms with Gasteiger partial charge in [0, 0.05) is 19.3 Å². The van der Waals surface area contributed by atoms with E-state index in [0.29, 0.717) is 6.54 Å². The van der Waals surface area contributed by atoms with E-state index in [1.165, 1.54) is 36.1 Å². The Hall–Kier alpha value is -1.02. The third kappa shape index (κ3) is 3.73. The van der Waals surface area contributed by atoms with Crippen LogP contribution in [0.2, 0.25) is 0 Å². The normalized spacial score (nSPS) is 14.2. The summed E-state index contributed by atoms with van der Waals surface area (Å²) in [5.74, 6) is 0. The molecule has 0 aromatic heterocycles. The summed E-state index contributed by atoms with van der Waals surface area (Å²) in [6.45, 7) is 9.53. The molecule has 0 spiro atoms. The largest absolute Gasteiger partial charge is 0.368 e. The van der Waals surface area contributed by atoms with Gasteiger partial charge in [-0.2, -0.15) is 0 Å². The van der Waals surface area contributed by atoms with Gasteiger partial charge in [-0.25, -0.2) is 0 Å². The summed E-state index contributed by atoms with van der Waals surface area (Å²) in [6, 6.07) is 6.75. The van der Waals surface area contributed by atoms with E-state index in [4.69, 9.17) is 5.73 Å². The van der Waals surface area contributed by atoms with Gasteiger partial charge in [0.1, 0.15) is 0 Å². The van der Waals surface area contributed by atoms with Crippen molar-refractivity contribution in [1.29, 1.82) is 0 Å². The molecule has 0 radical (unpaired) electrons. The standard InChI is InChI=1S/C17H30N2/c1-6-8-9-17(7-2,13-18)19(5)16-11-14(3)10-15(4)12-16/h10-12H,6-9,13,18H2,1-5H3. The number of benzene rings is 1. The van der Waals surface area contributed by atoms with E-state index in [9.17, 15) is 0 Å². The van der Waals surface area contributed by atoms with Gasteiger partial charge in [0.25, 0.3) is 0 Å². The lowest BCUT2D eigenvalue weighted by molar-refractivity contribution is 0.359. The summed E-state index contributed by atoms with van der Waals surface area (Å²) in [4.78, 5) is 2.41. The zero-order valence-electron chi connectivity index (χ0n) is 13.3. The summed E-state index contributed by atoms with van der Waals surface area (Å²) < 4.78 is 0. The minimum atomic E-state index is 0.0935. The van der Waals surface area contributed by atoms with Gasteiger partial charge in [-0.05, 0) is 49.9 Å². The molecule has 19 heavy (non-hydrogen) atoms. The van der Waals surface area contributed by atoms with Crippen LogP contribution in [0.25, 0.3) is 0 Å². The molecule has 0 saturated carbocycles. The van der Waals surface area contributed by atoms with Crippen LogP contribution in [0.3, 0.4) is 0 Å². The van der Waals surface area contributed by atoms with Crippen molar-refractivity contribution >= 4 is 5.69 Å². The molecular weight excluding hydrogens is 232 g/mol. The summed E-state index contributed by atoms with van der Waals surface area (Å²) >= 11 is 0. The van der Waals surface area contributed by atoms with E-state index in [-0.39, 0.29) is 5.54 Å². The number of aryl methyl sites for hydroxylation is 2. The van der Waals surface area contributed by atoms with Crippen molar-refractivity contribution < 1.29 is 0 Å². The van der Waals surface area contributed by atoms with Gasteiger partial charge >= 0.3 is 0 Å². The maximum atomic E-state index is 6.13. The smallest absolute Gasteiger partial charge is 0.0518 e. The van der Waals surface area contributed by atoms with Crippen molar-refractivity contribution in [1.82, 2.24) is 0 Å². The lowest BCUT2D eigenvalue weighted by Crippen LogP contribution is -2.52. The molecule has 0 amide bonds. The zero-order chi connectivity index (χ0) is 14.5. The number of rotatable bonds is 7. The summed E-state index contributed by atoms with van der Waals surface area (Å²) in [6.07, 6.45) is 4.72. The molecule has 0 bridgehead atoms. The fraction of sp³-hybridized carbons (Fsp3) is 0.647. The Kier molecular flexibility index (Phi) is 5.86. The van der Waals surface area contributed by atoms with E-state index in [1.807, 2.05) is 0 Å². The molecule has 0 saturated heterocycles. The highest BCUT2D eigenvalue weighted by atomic mass is 15.2. The molecule has 1 rings (SSSR count). The van der Waals surface area contributed by atoms with Crippen molar-refractivity contribution in [3.63, 3.8) is 0 Å². The Bertz CT molecular complexity index is 374. The third-order valence-electron chi connectivity index (χ3n) is 4.34. The highest BCUT2D eigenvalue weighted by Crippen LogP contribution is 2.30. The molecule has 1 atom stereocenters. The lowest BCUT2D eigenvalue weighted by atomic mass is 9.87. The van der Waals surface area contributed by atoms with Crippen LogP contribution in [-0.4, -0.2) is 19.1 Å². The van der Waals surface area contributed by atoms with Crippen molar-refractivity contribution in [2.24, 2.45) is 5.73 Å². The van der Waals surface area contributed by atoms with Crippen molar-refractivity contribution in [2.45, 2.75) is 58.9 Å². The van der Waals surface area contributed by atoms with Crippen LogP contribution >= 0.6 is 0 Å². The van der Waals surface area contributed by atoms with Crippen LogP contribution in [0.1, 0.15) is 50.7 Å². The summed E-state index contributed by atoms with van der Waals surface area (Å²) in [5.41, 5.74) is 10.2. The average Bonchev–Trinajstić information content (AvgIpc) is 2.39. The first-order valence-corrected chi connectivity index (χ1v) is 7.51. The van der Waals surface area contributed by atoms with Crippen molar-refractivity contribution in [3.8, 4) is 0 Å². The maximum absolute atomic E-state index is 6.13. The van der Waals surface area contributed by atoms with Crippen LogP contribution in [-0.2, 0) is 0 Å². The number of nitrogens with zero attached hydrogens (tertiary/aromatic N) is 1. The van der Waals surface area contributed by atoms with Gasteiger partial charge in [-0.3, -0.25) is 0 Å². The molecule has 0 aliphatic carbocycles. The van der Waals surface area contributed by atoms with Crippen LogP contribution in [0.4, 0.5) is 5.69 Å². The van der Waals surface area contributed by atoms with Gasteiger partial charge in [0.05, 0.1) is 5.54 Å². The van der Waals surface area contributed by atoms with Gasteiger partial charge in [0.2, 0.25) is 0 Å². The average molecular weight is 262 g/mol. The molecule has 2 heteroatoms. The number of anilines is 1. The predicted octanol–water partition coefficient (Wildman–Crippen LogP) is 4.04. The van der Waals surface area contributed by atoms with E-state index >= 15 is 0 Å². The van der Waals surface area contributed by atoms with E-state index in [1.54, 1.807) is 0 Å². The molecular formula is C17H30N2. The first kappa shape index (κ1) is 16.0. The Morgan fingerprint density at radius 3 is 2.11 bits per heavy atom. The van der Waals surface area contributed by atoms with Crippen LogP contribution in [0.15, 0.2) is 18.2 Å². The Morgan fingerprint density at radius 2 is 1.68 bits per heavy atom. The highest BCUT2D eigenvalue weighted by Gasteiger charge is 2.31. The van der Waals surface area contributed by atoms with E-state index in [2.05, 4.69) is 57.8 Å². The van der Waals surface area contributed by atoms with Gasteiger partial charge in [-0.15, -0.1) is 0 Å². The second kappa shape index (κ2) is 6.95. The minimum Gasteiger partial charge on any atom is -0.368 e. The molecule has 2 nitrogen and oxygen atoms in total. The van der Waals surface area contributed by atoms with Gasteiger partial charge in [-0.1, -0.05) is 32.8 Å². The first-order chi connectivity index (χ1) is 8.99.